The molecule has 2 rings (SSSR count). The number of aryl methyl sites for hydroxylation is 1. The molecule has 1 N–H and O–H groups in total. The number of thiazole rings is 1. The Morgan fingerprint density at radius 2 is 2.21 bits per heavy atom. The molecule has 0 aliphatic carbocycles. The minimum Gasteiger partial charge on any atom is -0.464 e. The zero-order chi connectivity index (χ0) is 13.8. The lowest BCUT2D eigenvalue weighted by molar-refractivity contribution is 0.0593. The highest BCUT2D eigenvalue weighted by Crippen LogP contribution is 2.30. The van der Waals surface area contributed by atoms with E-state index in [1.807, 2.05) is 6.92 Å². The van der Waals surface area contributed by atoms with Crippen LogP contribution in [0.3, 0.4) is 0 Å². The van der Waals surface area contributed by atoms with Crippen molar-refractivity contribution < 1.29 is 9.53 Å². The van der Waals surface area contributed by atoms with Crippen LogP contribution >= 0.6 is 11.3 Å². The molecule has 19 heavy (non-hydrogen) atoms. The van der Waals surface area contributed by atoms with E-state index in [1.165, 1.54) is 7.11 Å². The Labute approximate surface area is 118 Å². The van der Waals surface area contributed by atoms with E-state index in [9.17, 15) is 4.79 Å². The first kappa shape index (κ1) is 14.4. The standard InChI is InChI=1S/C13H21N3O2S/c1-4-10(16-7-5-14-6-8-16)12-15-11(9(2)19-12)13(17)18-3/h10,14H,4-8H2,1-3H3. The fourth-order valence-corrected chi connectivity index (χ4v) is 3.56. The predicted octanol–water partition coefficient (Wildman–Crippen LogP) is 1.59. The van der Waals surface area contributed by atoms with Crippen LogP contribution < -0.4 is 5.32 Å². The molecule has 1 aliphatic heterocycles. The lowest BCUT2D eigenvalue weighted by Gasteiger charge is -2.33. The molecule has 1 atom stereocenters. The van der Waals surface area contributed by atoms with Gasteiger partial charge in [0.1, 0.15) is 5.01 Å². The molecule has 2 heterocycles. The third-order valence-electron chi connectivity index (χ3n) is 3.46. The third-order valence-corrected chi connectivity index (χ3v) is 4.53. The van der Waals surface area contributed by atoms with Gasteiger partial charge >= 0.3 is 5.97 Å². The SMILES string of the molecule is CCC(c1nc(C(=O)OC)c(C)s1)N1CCNCC1. The summed E-state index contributed by atoms with van der Waals surface area (Å²) in [7, 11) is 1.40. The summed E-state index contributed by atoms with van der Waals surface area (Å²) in [6.07, 6.45) is 1.01. The van der Waals surface area contributed by atoms with Gasteiger partial charge in [-0.1, -0.05) is 6.92 Å². The molecule has 106 valence electrons. The van der Waals surface area contributed by atoms with Crippen LogP contribution in [-0.2, 0) is 4.74 Å². The summed E-state index contributed by atoms with van der Waals surface area (Å²) in [5.41, 5.74) is 0.469. The highest BCUT2D eigenvalue weighted by molar-refractivity contribution is 7.11. The van der Waals surface area contributed by atoms with Crippen LogP contribution in [0.2, 0.25) is 0 Å². The second-order valence-corrected chi connectivity index (χ2v) is 5.89. The van der Waals surface area contributed by atoms with Crippen LogP contribution in [0.1, 0.15) is 39.8 Å². The van der Waals surface area contributed by atoms with Crippen molar-refractivity contribution in [2.45, 2.75) is 26.3 Å². The fourth-order valence-electron chi connectivity index (χ4n) is 2.43. The molecule has 1 unspecified atom stereocenters. The van der Waals surface area contributed by atoms with Crippen molar-refractivity contribution in [3.05, 3.63) is 15.6 Å². The number of carbonyl (C=O) groups is 1. The summed E-state index contributed by atoms with van der Waals surface area (Å²) in [6.45, 7) is 8.20. The van der Waals surface area contributed by atoms with Crippen molar-refractivity contribution in [1.29, 1.82) is 0 Å². The number of nitrogens with zero attached hydrogens (tertiary/aromatic N) is 2. The molecule has 0 aromatic carbocycles. The summed E-state index contributed by atoms with van der Waals surface area (Å²) in [4.78, 5) is 19.5. The molecule has 1 saturated heterocycles. The quantitative estimate of drug-likeness (QED) is 0.851. The van der Waals surface area contributed by atoms with Gasteiger partial charge in [0, 0.05) is 31.1 Å². The summed E-state index contributed by atoms with van der Waals surface area (Å²) >= 11 is 1.61. The number of rotatable bonds is 4. The maximum absolute atomic E-state index is 11.6. The second kappa shape index (κ2) is 6.45. The number of methoxy groups -OCH3 is 1. The molecule has 1 fully saturated rings. The average molecular weight is 283 g/mol. The van der Waals surface area contributed by atoms with E-state index in [2.05, 4.69) is 22.1 Å². The molecule has 0 bridgehead atoms. The Bertz CT molecular complexity index is 441. The van der Waals surface area contributed by atoms with Gasteiger partial charge < -0.3 is 10.1 Å². The number of carbonyl (C=O) groups excluding carboxylic acids is 1. The van der Waals surface area contributed by atoms with Crippen molar-refractivity contribution in [2.75, 3.05) is 33.3 Å². The Kier molecular flexibility index (Phi) is 4.90. The van der Waals surface area contributed by atoms with Crippen LogP contribution in [0.5, 0.6) is 0 Å². The van der Waals surface area contributed by atoms with Crippen LogP contribution in [0, 0.1) is 6.92 Å². The highest BCUT2D eigenvalue weighted by Gasteiger charge is 2.25. The van der Waals surface area contributed by atoms with Gasteiger partial charge in [0.25, 0.3) is 0 Å². The Morgan fingerprint density at radius 3 is 2.79 bits per heavy atom. The van der Waals surface area contributed by atoms with E-state index in [1.54, 1.807) is 11.3 Å². The molecule has 1 aromatic heterocycles. The van der Waals surface area contributed by atoms with Gasteiger partial charge in [-0.05, 0) is 13.3 Å². The lowest BCUT2D eigenvalue weighted by atomic mass is 10.2. The molecule has 0 saturated carbocycles. The van der Waals surface area contributed by atoms with Gasteiger partial charge in [-0.25, -0.2) is 9.78 Å². The number of nitrogens with one attached hydrogen (secondary N) is 1. The van der Waals surface area contributed by atoms with E-state index < -0.39 is 0 Å². The maximum Gasteiger partial charge on any atom is 0.357 e. The van der Waals surface area contributed by atoms with Gasteiger partial charge in [-0.15, -0.1) is 11.3 Å². The van der Waals surface area contributed by atoms with Gasteiger partial charge in [-0.3, -0.25) is 4.90 Å². The van der Waals surface area contributed by atoms with E-state index in [-0.39, 0.29) is 5.97 Å². The molecule has 6 heteroatoms. The Morgan fingerprint density at radius 1 is 1.53 bits per heavy atom. The minimum atomic E-state index is -0.338. The first-order valence-corrected chi connectivity index (χ1v) is 7.49. The van der Waals surface area contributed by atoms with Crippen molar-refractivity contribution in [1.82, 2.24) is 15.2 Å². The minimum absolute atomic E-state index is 0.309. The zero-order valence-corrected chi connectivity index (χ0v) is 12.5. The molecular formula is C13H21N3O2S. The first-order valence-electron chi connectivity index (χ1n) is 6.67. The molecule has 0 radical (unpaired) electrons. The van der Waals surface area contributed by atoms with Gasteiger partial charge in [0.15, 0.2) is 5.69 Å². The Hall–Kier alpha value is -0.980. The van der Waals surface area contributed by atoms with Gasteiger partial charge in [0.05, 0.1) is 13.2 Å². The molecule has 0 spiro atoms. The molecular weight excluding hydrogens is 262 g/mol. The number of esters is 1. The van der Waals surface area contributed by atoms with Gasteiger partial charge in [0.2, 0.25) is 0 Å². The largest absolute Gasteiger partial charge is 0.464 e. The van der Waals surface area contributed by atoms with E-state index in [0.29, 0.717) is 11.7 Å². The monoisotopic (exact) mass is 283 g/mol. The lowest BCUT2D eigenvalue weighted by Crippen LogP contribution is -2.45. The Balaban J connectivity index is 2.20. The summed E-state index contributed by atoms with van der Waals surface area (Å²) in [5.74, 6) is -0.338. The molecule has 5 nitrogen and oxygen atoms in total. The van der Waals surface area contributed by atoms with Crippen molar-refractivity contribution in [3.8, 4) is 0 Å². The number of piperazine rings is 1. The normalized spacial score (nSPS) is 18.3. The third kappa shape index (κ3) is 3.13. The highest BCUT2D eigenvalue weighted by atomic mass is 32.1. The summed E-state index contributed by atoms with van der Waals surface area (Å²) in [6, 6.07) is 0.309. The first-order chi connectivity index (χ1) is 9.17. The van der Waals surface area contributed by atoms with Crippen molar-refractivity contribution >= 4 is 17.3 Å². The van der Waals surface area contributed by atoms with Crippen LogP contribution in [-0.4, -0.2) is 49.1 Å². The van der Waals surface area contributed by atoms with E-state index in [0.717, 1.165) is 42.5 Å². The number of hydrogen-bond acceptors (Lipinski definition) is 6. The average Bonchev–Trinajstić information content (AvgIpc) is 2.82. The van der Waals surface area contributed by atoms with E-state index in [4.69, 9.17) is 4.74 Å². The van der Waals surface area contributed by atoms with Crippen LogP contribution in [0.4, 0.5) is 0 Å². The molecule has 1 aromatic rings. The van der Waals surface area contributed by atoms with Crippen molar-refractivity contribution in [2.24, 2.45) is 0 Å². The maximum atomic E-state index is 11.6. The molecule has 0 amide bonds. The van der Waals surface area contributed by atoms with Crippen molar-refractivity contribution in [3.63, 3.8) is 0 Å². The van der Waals surface area contributed by atoms with Crippen LogP contribution in [0.25, 0.3) is 0 Å². The number of aromatic nitrogens is 1. The van der Waals surface area contributed by atoms with Gasteiger partial charge in [-0.2, -0.15) is 0 Å². The summed E-state index contributed by atoms with van der Waals surface area (Å²) < 4.78 is 4.77. The van der Waals surface area contributed by atoms with E-state index >= 15 is 0 Å². The van der Waals surface area contributed by atoms with Crippen LogP contribution in [0.15, 0.2) is 0 Å². The predicted molar refractivity (Wildman–Crippen MR) is 75.7 cm³/mol. The summed E-state index contributed by atoms with van der Waals surface area (Å²) in [5, 5.41) is 4.39. The zero-order valence-electron chi connectivity index (χ0n) is 11.7. The topological polar surface area (TPSA) is 54.5 Å². The molecule has 1 aliphatic rings. The smallest absolute Gasteiger partial charge is 0.357 e. The second-order valence-electron chi connectivity index (χ2n) is 4.66. The number of hydrogen-bond donors (Lipinski definition) is 1. The fraction of sp³-hybridized carbons (Fsp3) is 0.692. The number of ether oxygens (including phenoxy) is 1.